The van der Waals surface area contributed by atoms with E-state index in [9.17, 15) is 14.3 Å². The number of benzene rings is 1. The Morgan fingerprint density at radius 1 is 1.53 bits per heavy atom. The fourth-order valence-electron chi connectivity index (χ4n) is 2.14. The summed E-state index contributed by atoms with van der Waals surface area (Å²) in [7, 11) is 0. The summed E-state index contributed by atoms with van der Waals surface area (Å²) < 4.78 is 13.3. The number of aliphatic hydroxyl groups is 1. The molecule has 0 bridgehead atoms. The number of carboxylic acid groups (broad SMARTS) is 1. The van der Waals surface area contributed by atoms with Crippen LogP contribution in [0.4, 0.5) is 4.39 Å². The molecule has 2 atom stereocenters. The highest BCUT2D eigenvalue weighted by Crippen LogP contribution is 2.36. The molecule has 2 N–H and O–H groups in total. The minimum absolute atomic E-state index is 0.312. The maximum absolute atomic E-state index is 13.3. The number of aliphatic hydroxyl groups excluding tert-OH is 1. The first-order chi connectivity index (χ1) is 7.11. The van der Waals surface area contributed by atoms with Gasteiger partial charge in [0.1, 0.15) is 5.82 Å². The number of carbonyl (C=O) groups is 1. The Bertz CT molecular complexity index is 403. The summed E-state index contributed by atoms with van der Waals surface area (Å²) in [6.45, 7) is 0. The van der Waals surface area contributed by atoms with Gasteiger partial charge in [-0.3, -0.25) is 0 Å². The van der Waals surface area contributed by atoms with Crippen LogP contribution in [0.5, 0.6) is 0 Å². The first kappa shape index (κ1) is 10.1. The van der Waals surface area contributed by atoms with Crippen LogP contribution in [0, 0.1) is 5.82 Å². The van der Waals surface area contributed by atoms with Crippen LogP contribution in [0.1, 0.15) is 23.5 Å². The summed E-state index contributed by atoms with van der Waals surface area (Å²) in [5.41, 5.74) is 1.17. The molecule has 3 nitrogen and oxygen atoms in total. The van der Waals surface area contributed by atoms with E-state index in [2.05, 4.69) is 0 Å². The van der Waals surface area contributed by atoms with Crippen molar-refractivity contribution in [2.45, 2.75) is 24.9 Å². The first-order valence-electron chi connectivity index (χ1n) is 4.79. The van der Waals surface area contributed by atoms with E-state index in [1.165, 1.54) is 6.07 Å². The Hall–Kier alpha value is -1.42. The Kier molecular flexibility index (Phi) is 2.44. The fraction of sp³-hybridized carbons (Fsp3) is 0.364. The highest BCUT2D eigenvalue weighted by Gasteiger charge is 2.33. The van der Waals surface area contributed by atoms with Crippen molar-refractivity contribution in [1.82, 2.24) is 0 Å². The second kappa shape index (κ2) is 3.62. The maximum Gasteiger partial charge on any atom is 0.333 e. The number of aliphatic carboxylic acids is 1. The van der Waals surface area contributed by atoms with Crippen molar-refractivity contribution in [3.05, 3.63) is 35.1 Å². The summed E-state index contributed by atoms with van der Waals surface area (Å²) in [5.74, 6) is -2.04. The standard InChI is InChI=1S/C11H11FO3/c12-9-3-1-2-6-7(9)4-5-8(6)10(13)11(14)15/h1-3,8,10,13H,4-5H2,(H,14,15). The van der Waals surface area contributed by atoms with E-state index in [0.29, 0.717) is 24.0 Å². The molecule has 1 aromatic carbocycles. The average molecular weight is 210 g/mol. The monoisotopic (exact) mass is 210 g/mol. The zero-order chi connectivity index (χ0) is 11.0. The van der Waals surface area contributed by atoms with Crippen LogP contribution in [0.2, 0.25) is 0 Å². The van der Waals surface area contributed by atoms with Gasteiger partial charge in [0.05, 0.1) is 0 Å². The second-order valence-electron chi connectivity index (χ2n) is 3.74. The van der Waals surface area contributed by atoms with E-state index in [1.54, 1.807) is 12.1 Å². The molecule has 0 radical (unpaired) electrons. The number of carboxylic acids is 1. The third kappa shape index (κ3) is 1.61. The minimum Gasteiger partial charge on any atom is -0.479 e. The molecule has 4 heteroatoms. The molecule has 0 aromatic heterocycles. The van der Waals surface area contributed by atoms with Crippen LogP contribution >= 0.6 is 0 Å². The molecule has 15 heavy (non-hydrogen) atoms. The number of fused-ring (bicyclic) bond motifs is 1. The minimum atomic E-state index is -1.44. The Labute approximate surface area is 86.2 Å². The van der Waals surface area contributed by atoms with E-state index >= 15 is 0 Å². The van der Waals surface area contributed by atoms with Crippen LogP contribution in [-0.2, 0) is 11.2 Å². The predicted molar refractivity (Wildman–Crippen MR) is 51.1 cm³/mol. The lowest BCUT2D eigenvalue weighted by Crippen LogP contribution is -2.26. The van der Waals surface area contributed by atoms with Crippen LogP contribution in [0.25, 0.3) is 0 Å². The van der Waals surface area contributed by atoms with Gasteiger partial charge in [-0.2, -0.15) is 0 Å². The van der Waals surface area contributed by atoms with Crippen molar-refractivity contribution >= 4 is 5.97 Å². The summed E-state index contributed by atoms with van der Waals surface area (Å²) in [6.07, 6.45) is -0.450. The van der Waals surface area contributed by atoms with E-state index in [1.807, 2.05) is 0 Å². The molecular weight excluding hydrogens is 199 g/mol. The molecular formula is C11H11FO3. The van der Waals surface area contributed by atoms with Crippen LogP contribution in [0.3, 0.4) is 0 Å². The lowest BCUT2D eigenvalue weighted by atomic mass is 9.95. The van der Waals surface area contributed by atoms with Crippen molar-refractivity contribution in [2.75, 3.05) is 0 Å². The lowest BCUT2D eigenvalue weighted by Gasteiger charge is -2.14. The van der Waals surface area contributed by atoms with Gasteiger partial charge in [-0.1, -0.05) is 12.1 Å². The van der Waals surface area contributed by atoms with E-state index in [0.717, 1.165) is 0 Å². The van der Waals surface area contributed by atoms with Gasteiger partial charge < -0.3 is 10.2 Å². The van der Waals surface area contributed by atoms with Gasteiger partial charge in [0, 0.05) is 5.92 Å². The third-order valence-electron chi connectivity index (χ3n) is 2.89. The second-order valence-corrected chi connectivity index (χ2v) is 3.74. The van der Waals surface area contributed by atoms with E-state index in [-0.39, 0.29) is 5.82 Å². The predicted octanol–water partition coefficient (Wildman–Crippen LogP) is 1.30. The number of rotatable bonds is 2. The molecule has 2 rings (SSSR count). The van der Waals surface area contributed by atoms with Crippen LogP contribution in [-0.4, -0.2) is 22.3 Å². The van der Waals surface area contributed by atoms with Crippen LogP contribution in [0.15, 0.2) is 18.2 Å². The number of hydrogen-bond acceptors (Lipinski definition) is 2. The number of halogens is 1. The zero-order valence-electron chi connectivity index (χ0n) is 7.98. The van der Waals surface area contributed by atoms with Gasteiger partial charge in [-0.25, -0.2) is 9.18 Å². The van der Waals surface area contributed by atoms with Crippen molar-refractivity contribution in [1.29, 1.82) is 0 Å². The maximum atomic E-state index is 13.3. The fourth-order valence-corrected chi connectivity index (χ4v) is 2.14. The third-order valence-corrected chi connectivity index (χ3v) is 2.89. The molecule has 1 aliphatic rings. The van der Waals surface area contributed by atoms with E-state index in [4.69, 9.17) is 5.11 Å². The molecule has 0 heterocycles. The summed E-state index contributed by atoms with van der Waals surface area (Å²) in [6, 6.07) is 4.58. The Balaban J connectivity index is 2.37. The molecule has 80 valence electrons. The molecule has 2 unspecified atom stereocenters. The quantitative estimate of drug-likeness (QED) is 0.773. The van der Waals surface area contributed by atoms with Crippen LogP contribution < -0.4 is 0 Å². The summed E-state index contributed by atoms with van der Waals surface area (Å²) >= 11 is 0. The van der Waals surface area contributed by atoms with Gasteiger partial charge in [-0.05, 0) is 30.0 Å². The normalized spacial score (nSPS) is 21.1. The highest BCUT2D eigenvalue weighted by atomic mass is 19.1. The average Bonchev–Trinajstić information content (AvgIpc) is 2.61. The molecule has 1 aromatic rings. The molecule has 1 aliphatic carbocycles. The highest BCUT2D eigenvalue weighted by molar-refractivity contribution is 5.73. The molecule has 0 saturated heterocycles. The van der Waals surface area contributed by atoms with Gasteiger partial charge >= 0.3 is 5.97 Å². The summed E-state index contributed by atoms with van der Waals surface area (Å²) in [5, 5.41) is 18.1. The SMILES string of the molecule is O=C(O)C(O)C1CCc2c(F)cccc21. The van der Waals surface area contributed by atoms with Gasteiger partial charge in [0.25, 0.3) is 0 Å². The van der Waals surface area contributed by atoms with Crippen molar-refractivity contribution in [3.63, 3.8) is 0 Å². The zero-order valence-corrected chi connectivity index (χ0v) is 7.98. The molecule has 0 spiro atoms. The van der Waals surface area contributed by atoms with Crippen molar-refractivity contribution < 1.29 is 19.4 Å². The molecule has 0 fully saturated rings. The first-order valence-corrected chi connectivity index (χ1v) is 4.79. The van der Waals surface area contributed by atoms with E-state index < -0.39 is 18.0 Å². The van der Waals surface area contributed by atoms with Crippen molar-refractivity contribution in [2.24, 2.45) is 0 Å². The lowest BCUT2D eigenvalue weighted by molar-refractivity contribution is -0.147. The Morgan fingerprint density at radius 3 is 2.93 bits per heavy atom. The molecule has 0 aliphatic heterocycles. The van der Waals surface area contributed by atoms with Gasteiger partial charge in [0.2, 0.25) is 0 Å². The number of hydrogen-bond donors (Lipinski definition) is 2. The topological polar surface area (TPSA) is 57.5 Å². The summed E-state index contributed by atoms with van der Waals surface area (Å²) in [4.78, 5) is 10.6. The molecule has 0 saturated carbocycles. The Morgan fingerprint density at radius 2 is 2.27 bits per heavy atom. The van der Waals surface area contributed by atoms with Gasteiger partial charge in [-0.15, -0.1) is 0 Å². The van der Waals surface area contributed by atoms with Gasteiger partial charge in [0.15, 0.2) is 6.10 Å². The largest absolute Gasteiger partial charge is 0.479 e. The van der Waals surface area contributed by atoms with Crippen molar-refractivity contribution in [3.8, 4) is 0 Å². The molecule has 0 amide bonds. The smallest absolute Gasteiger partial charge is 0.333 e.